The van der Waals surface area contributed by atoms with E-state index in [1.54, 1.807) is 0 Å². The zero-order valence-electron chi connectivity index (χ0n) is 9.18. The monoisotopic (exact) mass is 201 g/mol. The van der Waals surface area contributed by atoms with Crippen LogP contribution in [0.3, 0.4) is 0 Å². The van der Waals surface area contributed by atoms with Crippen molar-refractivity contribution in [1.29, 1.82) is 0 Å². The zero-order chi connectivity index (χ0) is 10.5. The van der Waals surface area contributed by atoms with Gasteiger partial charge in [0.2, 0.25) is 6.08 Å². The quantitative estimate of drug-likeness (QED) is 0.303. The highest BCUT2D eigenvalue weighted by Crippen LogP contribution is 2.36. The molecule has 0 N–H and O–H groups in total. The summed E-state index contributed by atoms with van der Waals surface area (Å²) < 4.78 is 5.76. The molecule has 0 rings (SSSR count). The first-order valence-electron chi connectivity index (χ1n) is 4.49. The number of isocyanates is 1. The van der Waals surface area contributed by atoms with Gasteiger partial charge in [-0.05, 0) is 18.1 Å². The lowest BCUT2D eigenvalue weighted by molar-refractivity contribution is 0.298. The van der Waals surface area contributed by atoms with Gasteiger partial charge in [-0.15, -0.1) is 0 Å². The SMILES string of the molecule is CC(C)(C)[Si](C)(C)OCCN=C=O. The number of carbonyl (C=O) groups excluding carboxylic acids is 1. The van der Waals surface area contributed by atoms with Gasteiger partial charge in [-0.2, -0.15) is 0 Å². The Morgan fingerprint density at radius 1 is 1.38 bits per heavy atom. The highest BCUT2D eigenvalue weighted by atomic mass is 28.4. The summed E-state index contributed by atoms with van der Waals surface area (Å²) in [5.41, 5.74) is 0. The fourth-order valence-electron chi connectivity index (χ4n) is 0.609. The maximum Gasteiger partial charge on any atom is 0.235 e. The van der Waals surface area contributed by atoms with Crippen molar-refractivity contribution in [2.24, 2.45) is 4.99 Å². The van der Waals surface area contributed by atoms with Gasteiger partial charge >= 0.3 is 0 Å². The van der Waals surface area contributed by atoms with Gasteiger partial charge in [0, 0.05) is 0 Å². The first-order valence-corrected chi connectivity index (χ1v) is 7.40. The number of rotatable bonds is 4. The molecular formula is C9H19NO2Si. The van der Waals surface area contributed by atoms with E-state index in [0.717, 1.165) is 0 Å². The summed E-state index contributed by atoms with van der Waals surface area (Å²) in [6.45, 7) is 11.9. The molecule has 0 aromatic carbocycles. The van der Waals surface area contributed by atoms with Gasteiger partial charge in [0.05, 0.1) is 13.2 Å². The summed E-state index contributed by atoms with van der Waals surface area (Å²) in [4.78, 5) is 13.2. The highest BCUT2D eigenvalue weighted by molar-refractivity contribution is 6.74. The van der Waals surface area contributed by atoms with Crippen molar-refractivity contribution in [2.75, 3.05) is 13.2 Å². The van der Waals surface area contributed by atoms with Crippen LogP contribution in [0.4, 0.5) is 0 Å². The molecule has 4 heteroatoms. The Balaban J connectivity index is 3.96. The lowest BCUT2D eigenvalue weighted by Gasteiger charge is -2.35. The number of aliphatic imine (C=N–C) groups is 1. The molecule has 0 radical (unpaired) electrons. The van der Waals surface area contributed by atoms with Crippen LogP contribution in [-0.2, 0) is 9.22 Å². The van der Waals surface area contributed by atoms with Crippen LogP contribution in [0.1, 0.15) is 20.8 Å². The second kappa shape index (κ2) is 4.70. The van der Waals surface area contributed by atoms with Crippen LogP contribution < -0.4 is 0 Å². The van der Waals surface area contributed by atoms with Crippen LogP contribution in [0, 0.1) is 0 Å². The Morgan fingerprint density at radius 2 is 1.92 bits per heavy atom. The van der Waals surface area contributed by atoms with Gasteiger partial charge in [-0.3, -0.25) is 0 Å². The van der Waals surface area contributed by atoms with E-state index in [2.05, 4.69) is 38.9 Å². The van der Waals surface area contributed by atoms with E-state index in [-0.39, 0.29) is 5.04 Å². The molecule has 0 aromatic heterocycles. The number of nitrogens with zero attached hydrogens (tertiary/aromatic N) is 1. The van der Waals surface area contributed by atoms with E-state index in [1.807, 2.05) is 0 Å². The largest absolute Gasteiger partial charge is 0.415 e. The van der Waals surface area contributed by atoms with Gasteiger partial charge in [-0.1, -0.05) is 20.8 Å². The molecule has 0 heterocycles. The predicted octanol–water partition coefficient (Wildman–Crippen LogP) is 2.34. The van der Waals surface area contributed by atoms with E-state index in [1.165, 1.54) is 6.08 Å². The second-order valence-electron chi connectivity index (χ2n) is 4.58. The number of hydrogen-bond donors (Lipinski definition) is 0. The summed E-state index contributed by atoms with van der Waals surface area (Å²) in [5, 5.41) is 0.220. The average molecular weight is 201 g/mol. The molecule has 13 heavy (non-hydrogen) atoms. The van der Waals surface area contributed by atoms with Gasteiger partial charge in [-0.25, -0.2) is 9.79 Å². The van der Waals surface area contributed by atoms with Gasteiger partial charge in [0.25, 0.3) is 0 Å². The van der Waals surface area contributed by atoms with Gasteiger partial charge in [0.1, 0.15) is 0 Å². The molecule has 0 aromatic rings. The van der Waals surface area contributed by atoms with Crippen LogP contribution in [0.25, 0.3) is 0 Å². The third-order valence-corrected chi connectivity index (χ3v) is 7.07. The summed E-state index contributed by atoms with van der Waals surface area (Å²) in [6, 6.07) is 0. The van der Waals surface area contributed by atoms with Crippen LogP contribution in [0.5, 0.6) is 0 Å². The average Bonchev–Trinajstić information content (AvgIpc) is 1.96. The lowest BCUT2D eigenvalue weighted by Crippen LogP contribution is -2.41. The van der Waals surface area contributed by atoms with Crippen LogP contribution in [-0.4, -0.2) is 27.5 Å². The van der Waals surface area contributed by atoms with Crippen molar-refractivity contribution in [2.45, 2.75) is 38.9 Å². The fraction of sp³-hybridized carbons (Fsp3) is 0.889. The maximum atomic E-state index is 9.79. The minimum Gasteiger partial charge on any atom is -0.415 e. The molecule has 0 spiro atoms. The first kappa shape index (κ1) is 12.6. The molecule has 0 bridgehead atoms. The summed E-state index contributed by atoms with van der Waals surface area (Å²) in [7, 11) is -1.64. The van der Waals surface area contributed by atoms with E-state index in [9.17, 15) is 4.79 Å². The molecule has 0 saturated heterocycles. The van der Waals surface area contributed by atoms with E-state index < -0.39 is 8.32 Å². The maximum absolute atomic E-state index is 9.79. The van der Waals surface area contributed by atoms with Gasteiger partial charge in [0.15, 0.2) is 8.32 Å². The summed E-state index contributed by atoms with van der Waals surface area (Å²) >= 11 is 0. The molecule has 0 aliphatic heterocycles. The topological polar surface area (TPSA) is 38.7 Å². The molecule has 0 aliphatic carbocycles. The Labute approximate surface area is 81.3 Å². The standard InChI is InChI=1S/C9H19NO2Si/c1-9(2,3)13(4,5)12-7-6-10-8-11/h6-7H2,1-5H3. The first-order chi connectivity index (χ1) is 5.81. The molecule has 0 unspecified atom stereocenters. The van der Waals surface area contributed by atoms with Crippen molar-refractivity contribution in [1.82, 2.24) is 0 Å². The van der Waals surface area contributed by atoms with E-state index in [4.69, 9.17) is 4.43 Å². The summed E-state index contributed by atoms with van der Waals surface area (Å²) in [6.07, 6.45) is 1.50. The summed E-state index contributed by atoms with van der Waals surface area (Å²) in [5.74, 6) is 0. The minimum atomic E-state index is -1.64. The molecule has 0 fully saturated rings. The van der Waals surface area contributed by atoms with Crippen molar-refractivity contribution < 1.29 is 9.22 Å². The Hall–Kier alpha value is -0.443. The highest BCUT2D eigenvalue weighted by Gasteiger charge is 2.36. The third-order valence-electron chi connectivity index (χ3n) is 2.54. The van der Waals surface area contributed by atoms with Crippen molar-refractivity contribution >= 4 is 14.4 Å². The fourth-order valence-corrected chi connectivity index (χ4v) is 1.64. The third kappa shape index (κ3) is 4.36. The second-order valence-corrected chi connectivity index (χ2v) is 9.39. The Bertz CT molecular complexity index is 202. The van der Waals surface area contributed by atoms with Crippen molar-refractivity contribution in [3.63, 3.8) is 0 Å². The molecule has 0 saturated carbocycles. The molecule has 0 atom stereocenters. The molecule has 0 aliphatic rings. The van der Waals surface area contributed by atoms with Crippen molar-refractivity contribution in [3.8, 4) is 0 Å². The van der Waals surface area contributed by atoms with E-state index >= 15 is 0 Å². The normalized spacial score (nSPS) is 12.4. The number of hydrogen-bond acceptors (Lipinski definition) is 3. The predicted molar refractivity (Wildman–Crippen MR) is 56.1 cm³/mol. The molecule has 76 valence electrons. The van der Waals surface area contributed by atoms with Crippen LogP contribution >= 0.6 is 0 Å². The smallest absolute Gasteiger partial charge is 0.235 e. The molecule has 3 nitrogen and oxygen atoms in total. The molecular weight excluding hydrogens is 182 g/mol. The Morgan fingerprint density at radius 3 is 2.31 bits per heavy atom. The van der Waals surface area contributed by atoms with E-state index in [0.29, 0.717) is 13.2 Å². The Kier molecular flexibility index (Phi) is 4.54. The van der Waals surface area contributed by atoms with Crippen LogP contribution in [0.15, 0.2) is 4.99 Å². The zero-order valence-corrected chi connectivity index (χ0v) is 10.2. The lowest BCUT2D eigenvalue weighted by atomic mass is 10.2. The van der Waals surface area contributed by atoms with Crippen molar-refractivity contribution in [3.05, 3.63) is 0 Å². The van der Waals surface area contributed by atoms with Crippen LogP contribution in [0.2, 0.25) is 18.1 Å². The molecule has 0 amide bonds. The minimum absolute atomic E-state index is 0.220. The van der Waals surface area contributed by atoms with Gasteiger partial charge < -0.3 is 4.43 Å².